The first-order valence-corrected chi connectivity index (χ1v) is 6.47. The van der Waals surface area contributed by atoms with Gasteiger partial charge in [0.25, 0.3) is 0 Å². The van der Waals surface area contributed by atoms with E-state index in [1.165, 1.54) is 0 Å². The Morgan fingerprint density at radius 2 is 2.17 bits per heavy atom. The molecule has 1 rings (SSSR count). The summed E-state index contributed by atoms with van der Waals surface area (Å²) in [6.07, 6.45) is 5.66. The molecule has 0 bridgehead atoms. The van der Waals surface area contributed by atoms with Crippen molar-refractivity contribution in [3.63, 3.8) is 0 Å². The SMILES string of the molecule is CC(C)C(=O)c1ccn(CCCC(C)(C)C#N)c1. The Bertz CT molecular complexity index is 449. The summed E-state index contributed by atoms with van der Waals surface area (Å²) in [5.41, 5.74) is 0.522. The number of nitrogens with zero attached hydrogens (tertiary/aromatic N) is 2. The highest BCUT2D eigenvalue weighted by atomic mass is 16.1. The Balaban J connectivity index is 2.51. The van der Waals surface area contributed by atoms with Gasteiger partial charge < -0.3 is 4.57 Å². The first kappa shape index (κ1) is 14.5. The van der Waals surface area contributed by atoms with Crippen LogP contribution < -0.4 is 0 Å². The van der Waals surface area contributed by atoms with Gasteiger partial charge >= 0.3 is 0 Å². The lowest BCUT2D eigenvalue weighted by Gasteiger charge is -2.14. The molecule has 0 atom stereocenters. The third kappa shape index (κ3) is 4.03. The number of carbonyl (C=O) groups is 1. The number of aromatic nitrogens is 1. The van der Waals surface area contributed by atoms with E-state index in [1.54, 1.807) is 0 Å². The zero-order valence-corrected chi connectivity index (χ0v) is 11.7. The van der Waals surface area contributed by atoms with Crippen LogP contribution in [0.25, 0.3) is 0 Å². The topological polar surface area (TPSA) is 45.8 Å². The van der Waals surface area contributed by atoms with E-state index >= 15 is 0 Å². The maximum absolute atomic E-state index is 11.8. The molecule has 0 spiro atoms. The molecule has 0 amide bonds. The molecular weight excluding hydrogens is 224 g/mol. The van der Waals surface area contributed by atoms with Gasteiger partial charge in [-0.1, -0.05) is 13.8 Å². The van der Waals surface area contributed by atoms with Gasteiger partial charge in [0.2, 0.25) is 0 Å². The van der Waals surface area contributed by atoms with Crippen LogP contribution in [0.15, 0.2) is 18.5 Å². The average Bonchev–Trinajstić information content (AvgIpc) is 2.76. The summed E-state index contributed by atoms with van der Waals surface area (Å²) in [6, 6.07) is 4.18. The van der Waals surface area contributed by atoms with Crippen LogP contribution in [0.5, 0.6) is 0 Å². The third-order valence-corrected chi connectivity index (χ3v) is 3.08. The fourth-order valence-corrected chi connectivity index (χ4v) is 1.82. The highest BCUT2D eigenvalue weighted by Gasteiger charge is 2.16. The molecule has 1 aromatic heterocycles. The van der Waals surface area contributed by atoms with Crippen LogP contribution in [-0.2, 0) is 6.54 Å². The van der Waals surface area contributed by atoms with Crippen molar-refractivity contribution in [3.05, 3.63) is 24.0 Å². The molecule has 0 aliphatic carbocycles. The summed E-state index contributed by atoms with van der Waals surface area (Å²) in [5, 5.41) is 8.93. The maximum atomic E-state index is 11.8. The summed E-state index contributed by atoms with van der Waals surface area (Å²) < 4.78 is 2.03. The van der Waals surface area contributed by atoms with Crippen LogP contribution in [-0.4, -0.2) is 10.4 Å². The van der Waals surface area contributed by atoms with E-state index in [4.69, 9.17) is 5.26 Å². The van der Waals surface area contributed by atoms with E-state index in [1.807, 2.05) is 50.7 Å². The van der Waals surface area contributed by atoms with E-state index in [-0.39, 0.29) is 17.1 Å². The van der Waals surface area contributed by atoms with Crippen LogP contribution in [0.3, 0.4) is 0 Å². The summed E-state index contributed by atoms with van der Waals surface area (Å²) >= 11 is 0. The van der Waals surface area contributed by atoms with Crippen LogP contribution in [0.1, 0.15) is 50.9 Å². The van der Waals surface area contributed by atoms with E-state index in [2.05, 4.69) is 6.07 Å². The molecule has 0 aliphatic rings. The minimum absolute atomic E-state index is 0.0402. The van der Waals surface area contributed by atoms with Gasteiger partial charge in [-0.3, -0.25) is 4.79 Å². The van der Waals surface area contributed by atoms with Crippen molar-refractivity contribution in [2.24, 2.45) is 11.3 Å². The molecule has 0 fully saturated rings. The van der Waals surface area contributed by atoms with Crippen molar-refractivity contribution in [1.29, 1.82) is 5.26 Å². The van der Waals surface area contributed by atoms with E-state index in [0.717, 1.165) is 24.9 Å². The fourth-order valence-electron chi connectivity index (χ4n) is 1.82. The number of Topliss-reactive ketones (excluding diaryl/α,β-unsaturated/α-hetero) is 1. The average molecular weight is 246 g/mol. The smallest absolute Gasteiger partial charge is 0.166 e. The standard InChI is InChI=1S/C15H22N2O/c1-12(2)14(18)13-6-9-17(10-13)8-5-7-15(3,4)11-16/h6,9-10,12H,5,7-8H2,1-4H3. The van der Waals surface area contributed by atoms with E-state index in [0.29, 0.717) is 0 Å². The minimum Gasteiger partial charge on any atom is -0.354 e. The van der Waals surface area contributed by atoms with Crippen molar-refractivity contribution in [2.75, 3.05) is 0 Å². The Morgan fingerprint density at radius 3 is 2.72 bits per heavy atom. The lowest BCUT2D eigenvalue weighted by atomic mass is 9.90. The van der Waals surface area contributed by atoms with Crippen LogP contribution in [0.2, 0.25) is 0 Å². The summed E-state index contributed by atoms with van der Waals surface area (Å²) in [4.78, 5) is 11.8. The van der Waals surface area contributed by atoms with Crippen molar-refractivity contribution >= 4 is 5.78 Å². The normalized spacial score (nSPS) is 11.6. The van der Waals surface area contributed by atoms with Crippen molar-refractivity contribution in [1.82, 2.24) is 4.57 Å². The van der Waals surface area contributed by atoms with Gasteiger partial charge in [0.05, 0.1) is 11.5 Å². The molecule has 0 aliphatic heterocycles. The van der Waals surface area contributed by atoms with Crippen LogP contribution >= 0.6 is 0 Å². The van der Waals surface area contributed by atoms with Gasteiger partial charge in [0.1, 0.15) is 0 Å². The molecule has 98 valence electrons. The fraction of sp³-hybridized carbons (Fsp3) is 0.600. The number of nitriles is 1. The zero-order chi connectivity index (χ0) is 13.8. The Labute approximate surface area is 109 Å². The number of aryl methyl sites for hydroxylation is 1. The predicted octanol–water partition coefficient (Wildman–Crippen LogP) is 3.66. The second-order valence-electron chi connectivity index (χ2n) is 5.76. The molecule has 0 saturated heterocycles. The van der Waals surface area contributed by atoms with Crippen molar-refractivity contribution in [3.8, 4) is 6.07 Å². The maximum Gasteiger partial charge on any atom is 0.166 e. The number of ketones is 1. The van der Waals surface area contributed by atoms with Crippen molar-refractivity contribution in [2.45, 2.75) is 47.1 Å². The van der Waals surface area contributed by atoms with Crippen LogP contribution in [0.4, 0.5) is 0 Å². The number of rotatable bonds is 6. The quantitative estimate of drug-likeness (QED) is 0.719. The van der Waals surface area contributed by atoms with Crippen molar-refractivity contribution < 1.29 is 4.79 Å². The van der Waals surface area contributed by atoms with Gasteiger partial charge in [-0.2, -0.15) is 5.26 Å². The molecule has 3 nitrogen and oxygen atoms in total. The van der Waals surface area contributed by atoms with E-state index in [9.17, 15) is 4.79 Å². The molecule has 0 saturated carbocycles. The Kier molecular flexibility index (Phi) is 4.72. The number of hydrogen-bond donors (Lipinski definition) is 0. The molecule has 0 aromatic carbocycles. The molecule has 3 heteroatoms. The Morgan fingerprint density at radius 1 is 1.50 bits per heavy atom. The summed E-state index contributed by atoms with van der Waals surface area (Å²) in [6.45, 7) is 8.59. The summed E-state index contributed by atoms with van der Waals surface area (Å²) in [7, 11) is 0. The lowest BCUT2D eigenvalue weighted by molar-refractivity contribution is 0.0939. The van der Waals surface area contributed by atoms with Gasteiger partial charge in [0.15, 0.2) is 5.78 Å². The summed E-state index contributed by atoms with van der Waals surface area (Å²) in [5.74, 6) is 0.226. The van der Waals surface area contributed by atoms with Gasteiger partial charge in [-0.05, 0) is 32.8 Å². The first-order valence-electron chi connectivity index (χ1n) is 6.47. The third-order valence-electron chi connectivity index (χ3n) is 3.08. The molecule has 0 N–H and O–H groups in total. The first-order chi connectivity index (χ1) is 8.35. The Hall–Kier alpha value is -1.56. The van der Waals surface area contributed by atoms with E-state index < -0.39 is 0 Å². The molecule has 1 heterocycles. The second-order valence-corrected chi connectivity index (χ2v) is 5.76. The number of hydrogen-bond acceptors (Lipinski definition) is 2. The predicted molar refractivity (Wildman–Crippen MR) is 72.2 cm³/mol. The molecule has 0 unspecified atom stereocenters. The molecule has 1 aromatic rings. The number of carbonyl (C=O) groups excluding carboxylic acids is 1. The van der Waals surface area contributed by atoms with Gasteiger partial charge in [-0.15, -0.1) is 0 Å². The monoisotopic (exact) mass is 246 g/mol. The van der Waals surface area contributed by atoms with Gasteiger partial charge in [-0.25, -0.2) is 0 Å². The highest BCUT2D eigenvalue weighted by molar-refractivity contribution is 5.97. The lowest BCUT2D eigenvalue weighted by Crippen LogP contribution is -2.09. The molecule has 18 heavy (non-hydrogen) atoms. The molecular formula is C15H22N2O. The molecule has 0 radical (unpaired) electrons. The largest absolute Gasteiger partial charge is 0.354 e. The minimum atomic E-state index is -0.260. The van der Waals surface area contributed by atoms with Crippen LogP contribution in [0, 0.1) is 22.7 Å². The second kappa shape index (κ2) is 5.86. The van der Waals surface area contributed by atoms with Gasteiger partial charge in [0, 0.05) is 30.4 Å². The highest BCUT2D eigenvalue weighted by Crippen LogP contribution is 2.21. The zero-order valence-electron chi connectivity index (χ0n) is 11.7.